The Morgan fingerprint density at radius 3 is 2.50 bits per heavy atom. The van der Waals surface area contributed by atoms with Gasteiger partial charge in [-0.1, -0.05) is 41.9 Å². The molecule has 5 heteroatoms. The van der Waals surface area contributed by atoms with E-state index >= 15 is 0 Å². The van der Waals surface area contributed by atoms with Gasteiger partial charge in [-0.3, -0.25) is 9.59 Å². The Morgan fingerprint density at radius 2 is 1.83 bits per heavy atom. The zero-order valence-corrected chi connectivity index (χ0v) is 14.4. The van der Waals surface area contributed by atoms with Gasteiger partial charge in [0.1, 0.15) is 6.42 Å². The number of nitrogens with one attached hydrogen (secondary N) is 1. The molecule has 0 radical (unpaired) electrons. The lowest BCUT2D eigenvalue weighted by Crippen LogP contribution is -2.36. The van der Waals surface area contributed by atoms with Crippen LogP contribution in [0.15, 0.2) is 54.6 Å². The summed E-state index contributed by atoms with van der Waals surface area (Å²) in [5.74, 6) is -0.472. The maximum Gasteiger partial charge on any atom is 0.236 e. The highest BCUT2D eigenvalue weighted by Crippen LogP contribution is 2.14. The molecule has 24 heavy (non-hydrogen) atoms. The minimum Gasteiger partial charge on any atom is -0.355 e. The molecule has 0 saturated heterocycles. The van der Waals surface area contributed by atoms with Gasteiger partial charge in [0, 0.05) is 23.8 Å². The third-order valence-electron chi connectivity index (χ3n) is 3.62. The Morgan fingerprint density at radius 1 is 1.08 bits per heavy atom. The van der Waals surface area contributed by atoms with E-state index < -0.39 is 0 Å². The van der Waals surface area contributed by atoms with Gasteiger partial charge >= 0.3 is 0 Å². The van der Waals surface area contributed by atoms with Gasteiger partial charge < -0.3 is 10.2 Å². The fraction of sp³-hybridized carbons (Fsp3) is 0.263. The lowest BCUT2D eigenvalue weighted by atomic mass is 10.1. The van der Waals surface area contributed by atoms with Crippen LogP contribution in [0.4, 0.5) is 5.69 Å². The number of carbonyl (C=O) groups excluding carboxylic acids is 2. The number of nitrogens with zero attached hydrogens (tertiary/aromatic N) is 1. The van der Waals surface area contributed by atoms with Crippen molar-refractivity contribution in [2.75, 3.05) is 18.0 Å². The molecule has 0 aliphatic heterocycles. The Kier molecular flexibility index (Phi) is 6.82. The number of benzene rings is 2. The van der Waals surface area contributed by atoms with Crippen LogP contribution in [0.1, 0.15) is 18.9 Å². The van der Waals surface area contributed by atoms with Crippen molar-refractivity contribution in [2.24, 2.45) is 0 Å². The molecule has 0 aliphatic rings. The predicted molar refractivity (Wildman–Crippen MR) is 97.3 cm³/mol. The SMILES string of the molecule is CCN(C(=O)CC(=O)NCCc1cccc(Cl)c1)c1ccccc1. The van der Waals surface area contributed by atoms with E-state index in [4.69, 9.17) is 11.6 Å². The maximum absolute atomic E-state index is 12.3. The molecule has 0 unspecified atom stereocenters. The van der Waals surface area contributed by atoms with Gasteiger partial charge in [-0.15, -0.1) is 0 Å². The van der Waals surface area contributed by atoms with Crippen molar-refractivity contribution in [3.05, 3.63) is 65.2 Å². The summed E-state index contributed by atoms with van der Waals surface area (Å²) in [4.78, 5) is 25.9. The Bertz CT molecular complexity index is 689. The molecule has 2 aromatic carbocycles. The van der Waals surface area contributed by atoms with Gasteiger partial charge in [0.2, 0.25) is 11.8 Å². The number of rotatable bonds is 7. The molecule has 0 saturated carbocycles. The number of hydrogen-bond acceptors (Lipinski definition) is 2. The number of hydrogen-bond donors (Lipinski definition) is 1. The van der Waals surface area contributed by atoms with Crippen LogP contribution in [0.5, 0.6) is 0 Å². The zero-order chi connectivity index (χ0) is 17.4. The molecule has 2 aromatic rings. The van der Waals surface area contributed by atoms with Crippen LogP contribution in [-0.4, -0.2) is 24.9 Å². The van der Waals surface area contributed by atoms with Crippen molar-refractivity contribution >= 4 is 29.1 Å². The second-order valence-electron chi connectivity index (χ2n) is 5.38. The molecule has 4 nitrogen and oxygen atoms in total. The van der Waals surface area contributed by atoms with Crippen molar-refractivity contribution in [1.29, 1.82) is 0 Å². The van der Waals surface area contributed by atoms with E-state index in [-0.39, 0.29) is 18.2 Å². The highest BCUT2D eigenvalue weighted by Gasteiger charge is 2.17. The van der Waals surface area contributed by atoms with E-state index in [0.29, 0.717) is 24.5 Å². The number of para-hydroxylation sites is 1. The van der Waals surface area contributed by atoms with Crippen LogP contribution in [0, 0.1) is 0 Å². The first kappa shape index (κ1) is 18.0. The number of halogens is 1. The molecule has 0 bridgehead atoms. The maximum atomic E-state index is 12.3. The van der Waals surface area contributed by atoms with Crippen LogP contribution < -0.4 is 10.2 Å². The lowest BCUT2D eigenvalue weighted by Gasteiger charge is -2.20. The zero-order valence-electron chi connectivity index (χ0n) is 13.7. The van der Waals surface area contributed by atoms with E-state index in [1.54, 1.807) is 4.90 Å². The average Bonchev–Trinajstić information content (AvgIpc) is 2.56. The fourth-order valence-electron chi connectivity index (χ4n) is 2.44. The first-order chi connectivity index (χ1) is 11.6. The Balaban J connectivity index is 1.81. The first-order valence-corrected chi connectivity index (χ1v) is 8.34. The van der Waals surface area contributed by atoms with E-state index in [1.165, 1.54) is 0 Å². The van der Waals surface area contributed by atoms with Crippen molar-refractivity contribution in [2.45, 2.75) is 19.8 Å². The van der Waals surface area contributed by atoms with Crippen molar-refractivity contribution in [1.82, 2.24) is 5.32 Å². The van der Waals surface area contributed by atoms with Crippen molar-refractivity contribution in [3.63, 3.8) is 0 Å². The molecule has 126 valence electrons. The highest BCUT2D eigenvalue weighted by atomic mass is 35.5. The van der Waals surface area contributed by atoms with Crippen LogP contribution in [0.2, 0.25) is 5.02 Å². The summed E-state index contributed by atoms with van der Waals surface area (Å²) in [6.45, 7) is 2.89. The smallest absolute Gasteiger partial charge is 0.236 e. The summed E-state index contributed by atoms with van der Waals surface area (Å²) >= 11 is 5.93. The summed E-state index contributed by atoms with van der Waals surface area (Å²) < 4.78 is 0. The third kappa shape index (κ3) is 5.39. The molecule has 1 N–H and O–H groups in total. The van der Waals surface area contributed by atoms with E-state index in [0.717, 1.165) is 11.3 Å². The molecule has 2 rings (SSSR count). The monoisotopic (exact) mass is 344 g/mol. The van der Waals surface area contributed by atoms with Crippen molar-refractivity contribution in [3.8, 4) is 0 Å². The first-order valence-electron chi connectivity index (χ1n) is 7.96. The summed E-state index contributed by atoms with van der Waals surface area (Å²) in [6.07, 6.45) is 0.523. The molecule has 0 aromatic heterocycles. The molecule has 2 amide bonds. The number of carbonyl (C=O) groups is 2. The van der Waals surface area contributed by atoms with Gasteiger partial charge in [0.15, 0.2) is 0 Å². The van der Waals surface area contributed by atoms with E-state index in [9.17, 15) is 9.59 Å². The van der Waals surface area contributed by atoms with Gasteiger partial charge in [-0.05, 0) is 43.2 Å². The molecule has 0 spiro atoms. The Labute approximate surface area is 147 Å². The predicted octanol–water partition coefficient (Wildman–Crippen LogP) is 3.44. The largest absolute Gasteiger partial charge is 0.355 e. The Hall–Kier alpha value is -2.33. The van der Waals surface area contributed by atoms with Crippen LogP contribution in [0.25, 0.3) is 0 Å². The number of amides is 2. The van der Waals surface area contributed by atoms with Crippen LogP contribution in [-0.2, 0) is 16.0 Å². The molecule has 0 atom stereocenters. The van der Waals surface area contributed by atoms with Crippen molar-refractivity contribution < 1.29 is 9.59 Å². The lowest BCUT2D eigenvalue weighted by molar-refractivity contribution is -0.127. The van der Waals surface area contributed by atoms with E-state index in [1.807, 2.05) is 61.5 Å². The average molecular weight is 345 g/mol. The minimum absolute atomic E-state index is 0.154. The molecule has 0 aliphatic carbocycles. The summed E-state index contributed by atoms with van der Waals surface area (Å²) in [6, 6.07) is 16.9. The van der Waals surface area contributed by atoms with Gasteiger partial charge in [0.05, 0.1) is 0 Å². The molecule has 0 heterocycles. The molecule has 0 fully saturated rings. The minimum atomic E-state index is -0.267. The number of anilines is 1. The molecular weight excluding hydrogens is 324 g/mol. The quantitative estimate of drug-likeness (QED) is 0.782. The topological polar surface area (TPSA) is 49.4 Å². The van der Waals surface area contributed by atoms with Gasteiger partial charge in [0.25, 0.3) is 0 Å². The van der Waals surface area contributed by atoms with E-state index in [2.05, 4.69) is 5.32 Å². The normalized spacial score (nSPS) is 10.2. The van der Waals surface area contributed by atoms with Gasteiger partial charge in [-0.2, -0.15) is 0 Å². The summed E-state index contributed by atoms with van der Waals surface area (Å²) in [5, 5.41) is 3.46. The second kappa shape index (κ2) is 9.08. The fourth-order valence-corrected chi connectivity index (χ4v) is 2.66. The summed E-state index contributed by atoms with van der Waals surface area (Å²) in [5.41, 5.74) is 1.85. The van der Waals surface area contributed by atoms with Crippen LogP contribution >= 0.6 is 11.6 Å². The van der Waals surface area contributed by atoms with Gasteiger partial charge in [-0.25, -0.2) is 0 Å². The third-order valence-corrected chi connectivity index (χ3v) is 3.86. The highest BCUT2D eigenvalue weighted by molar-refractivity contribution is 6.30. The summed E-state index contributed by atoms with van der Waals surface area (Å²) in [7, 11) is 0. The van der Waals surface area contributed by atoms with Crippen LogP contribution in [0.3, 0.4) is 0 Å². The molecular formula is C19H21ClN2O2. The standard InChI is InChI=1S/C19H21ClN2O2/c1-2-22(17-9-4-3-5-10-17)19(24)14-18(23)21-12-11-15-7-6-8-16(20)13-15/h3-10,13H,2,11-12,14H2,1H3,(H,21,23). The second-order valence-corrected chi connectivity index (χ2v) is 5.82.